The summed E-state index contributed by atoms with van der Waals surface area (Å²) in [6.45, 7) is 1.59. The van der Waals surface area contributed by atoms with Gasteiger partial charge in [-0.15, -0.1) is 0 Å². The molecule has 0 aromatic carbocycles. The quantitative estimate of drug-likeness (QED) is 0.654. The molecule has 2 aromatic rings. The largest absolute Gasteiger partial charge is 0.357 e. The second-order valence-electron chi connectivity index (χ2n) is 3.57. The maximum atomic E-state index is 11.1. The van der Waals surface area contributed by atoms with Crippen LogP contribution in [0.25, 0.3) is 11.3 Å². The molecule has 1 N–H and O–H groups in total. The van der Waals surface area contributed by atoms with E-state index in [4.69, 9.17) is 0 Å². The summed E-state index contributed by atoms with van der Waals surface area (Å²) < 4.78 is 0. The highest BCUT2D eigenvalue weighted by Crippen LogP contribution is 2.30. The summed E-state index contributed by atoms with van der Waals surface area (Å²) in [5, 5.41) is 13.9. The second kappa shape index (κ2) is 4.74. The number of anilines is 1. The molecule has 0 spiro atoms. The lowest BCUT2D eigenvalue weighted by molar-refractivity contribution is -0.385. The first-order valence-electron chi connectivity index (χ1n) is 5.24. The number of nitrogens with zero attached hydrogens (tertiary/aromatic N) is 4. The van der Waals surface area contributed by atoms with Gasteiger partial charge in [-0.2, -0.15) is 0 Å². The minimum Gasteiger partial charge on any atom is -0.357 e. The van der Waals surface area contributed by atoms with Crippen molar-refractivity contribution >= 4 is 11.6 Å². The molecule has 0 saturated carbocycles. The Hall–Kier alpha value is -2.57. The first-order chi connectivity index (χ1) is 8.63. The van der Waals surface area contributed by atoms with Gasteiger partial charge in [0.25, 0.3) is 0 Å². The van der Waals surface area contributed by atoms with Gasteiger partial charge in [-0.1, -0.05) is 0 Å². The number of aryl methyl sites for hydroxylation is 1. The van der Waals surface area contributed by atoms with Crippen molar-refractivity contribution in [1.82, 2.24) is 15.0 Å². The average molecular weight is 245 g/mol. The molecular weight excluding hydrogens is 234 g/mol. The molecule has 7 nitrogen and oxygen atoms in total. The molecule has 0 amide bonds. The molecule has 18 heavy (non-hydrogen) atoms. The molecule has 0 fully saturated rings. The first-order valence-corrected chi connectivity index (χ1v) is 5.24. The van der Waals surface area contributed by atoms with E-state index in [9.17, 15) is 10.1 Å². The second-order valence-corrected chi connectivity index (χ2v) is 3.57. The molecule has 0 bridgehead atoms. The normalized spacial score (nSPS) is 10.1. The van der Waals surface area contributed by atoms with Crippen molar-refractivity contribution in [1.29, 1.82) is 0 Å². The smallest absolute Gasteiger partial charge is 0.316 e. The Morgan fingerprint density at radius 2 is 1.94 bits per heavy atom. The molecule has 2 rings (SSSR count). The number of nitrogens with one attached hydrogen (secondary N) is 1. The highest BCUT2D eigenvalue weighted by Gasteiger charge is 2.22. The van der Waals surface area contributed by atoms with Crippen molar-refractivity contribution in [3.63, 3.8) is 0 Å². The van der Waals surface area contributed by atoms with Gasteiger partial charge in [-0.25, -0.2) is 9.97 Å². The van der Waals surface area contributed by atoms with Gasteiger partial charge in [-0.3, -0.25) is 15.1 Å². The summed E-state index contributed by atoms with van der Waals surface area (Å²) in [5.74, 6) is 0.352. The zero-order valence-corrected chi connectivity index (χ0v) is 9.91. The summed E-state index contributed by atoms with van der Waals surface area (Å²) in [6, 6.07) is 3.35. The summed E-state index contributed by atoms with van der Waals surface area (Å²) in [7, 11) is 1.66. The van der Waals surface area contributed by atoms with Crippen molar-refractivity contribution in [3.05, 3.63) is 40.3 Å². The fourth-order valence-corrected chi connectivity index (χ4v) is 1.61. The highest BCUT2D eigenvalue weighted by molar-refractivity contribution is 5.71. The van der Waals surface area contributed by atoms with Gasteiger partial charge in [0.1, 0.15) is 5.69 Å². The van der Waals surface area contributed by atoms with Crippen molar-refractivity contribution in [2.24, 2.45) is 0 Å². The Kier molecular flexibility index (Phi) is 3.13. The van der Waals surface area contributed by atoms with Gasteiger partial charge in [0.15, 0.2) is 5.69 Å². The van der Waals surface area contributed by atoms with E-state index in [2.05, 4.69) is 20.3 Å². The first kappa shape index (κ1) is 11.9. The van der Waals surface area contributed by atoms with Gasteiger partial charge in [0.2, 0.25) is 5.95 Å². The van der Waals surface area contributed by atoms with E-state index >= 15 is 0 Å². The molecule has 2 heterocycles. The summed E-state index contributed by atoms with van der Waals surface area (Å²) in [4.78, 5) is 22.7. The van der Waals surface area contributed by atoms with Crippen LogP contribution < -0.4 is 5.32 Å². The topological polar surface area (TPSA) is 93.8 Å². The minimum absolute atomic E-state index is 0.0831. The number of rotatable bonds is 3. The van der Waals surface area contributed by atoms with Gasteiger partial charge in [0.05, 0.1) is 4.92 Å². The molecular formula is C11H11N5O2. The third-order valence-electron chi connectivity index (χ3n) is 2.42. The Bertz CT molecular complexity index is 585. The Morgan fingerprint density at radius 1 is 1.28 bits per heavy atom. The summed E-state index contributed by atoms with van der Waals surface area (Å²) in [5.41, 5.74) is 1.17. The standard InChI is InChI=1S/C11H11N5O2/c1-7-10(16(17)18)9(15-11(12-2)14-7)8-3-5-13-6-4-8/h3-6H,1-2H3,(H,12,14,15). The fourth-order valence-electron chi connectivity index (χ4n) is 1.61. The zero-order chi connectivity index (χ0) is 13.1. The van der Waals surface area contributed by atoms with Crippen molar-refractivity contribution in [2.45, 2.75) is 6.92 Å². The van der Waals surface area contributed by atoms with Crippen LogP contribution in [0, 0.1) is 17.0 Å². The average Bonchev–Trinajstić information content (AvgIpc) is 2.38. The number of hydrogen-bond donors (Lipinski definition) is 1. The molecule has 0 aliphatic carbocycles. The maximum absolute atomic E-state index is 11.1. The van der Waals surface area contributed by atoms with Crippen LogP contribution in [0.5, 0.6) is 0 Å². The Morgan fingerprint density at radius 3 is 2.50 bits per heavy atom. The van der Waals surface area contributed by atoms with Crippen LogP contribution in [-0.2, 0) is 0 Å². The number of hydrogen-bond acceptors (Lipinski definition) is 6. The molecule has 7 heteroatoms. The van der Waals surface area contributed by atoms with Gasteiger partial charge >= 0.3 is 5.69 Å². The number of pyridine rings is 1. The van der Waals surface area contributed by atoms with E-state index in [-0.39, 0.29) is 5.69 Å². The van der Waals surface area contributed by atoms with Gasteiger partial charge < -0.3 is 5.32 Å². The van der Waals surface area contributed by atoms with E-state index < -0.39 is 4.92 Å². The van der Waals surface area contributed by atoms with E-state index in [0.717, 1.165) is 0 Å². The van der Waals surface area contributed by atoms with Crippen molar-refractivity contribution < 1.29 is 4.92 Å². The minimum atomic E-state index is -0.468. The van der Waals surface area contributed by atoms with Crippen LogP contribution in [0.3, 0.4) is 0 Å². The summed E-state index contributed by atoms with van der Waals surface area (Å²) in [6.07, 6.45) is 3.13. The van der Waals surface area contributed by atoms with E-state index in [1.807, 2.05) is 0 Å². The van der Waals surface area contributed by atoms with Crippen LogP contribution in [0.2, 0.25) is 0 Å². The lowest BCUT2D eigenvalue weighted by Crippen LogP contribution is -2.05. The lowest BCUT2D eigenvalue weighted by atomic mass is 10.1. The predicted octanol–water partition coefficient (Wildman–Crippen LogP) is 1.80. The van der Waals surface area contributed by atoms with Crippen LogP contribution in [0.4, 0.5) is 11.6 Å². The van der Waals surface area contributed by atoms with Crippen LogP contribution >= 0.6 is 0 Å². The molecule has 0 aliphatic heterocycles. The van der Waals surface area contributed by atoms with Crippen molar-refractivity contribution in [3.8, 4) is 11.3 Å². The van der Waals surface area contributed by atoms with Crippen LogP contribution in [-0.4, -0.2) is 26.9 Å². The van der Waals surface area contributed by atoms with E-state index in [0.29, 0.717) is 22.9 Å². The molecule has 0 radical (unpaired) electrons. The molecule has 2 aromatic heterocycles. The maximum Gasteiger partial charge on any atom is 0.316 e. The Balaban J connectivity index is 2.71. The van der Waals surface area contributed by atoms with Crippen LogP contribution in [0.1, 0.15) is 5.69 Å². The SMILES string of the molecule is CNc1nc(C)c([N+](=O)[O-])c(-c2ccncc2)n1. The third kappa shape index (κ3) is 2.10. The third-order valence-corrected chi connectivity index (χ3v) is 2.42. The monoisotopic (exact) mass is 245 g/mol. The highest BCUT2D eigenvalue weighted by atomic mass is 16.6. The predicted molar refractivity (Wildman–Crippen MR) is 66.2 cm³/mol. The zero-order valence-electron chi connectivity index (χ0n) is 9.91. The van der Waals surface area contributed by atoms with E-state index in [1.165, 1.54) is 0 Å². The fraction of sp³-hybridized carbons (Fsp3) is 0.182. The van der Waals surface area contributed by atoms with Gasteiger partial charge in [-0.05, 0) is 19.1 Å². The van der Waals surface area contributed by atoms with Crippen molar-refractivity contribution in [2.75, 3.05) is 12.4 Å². The molecule has 92 valence electrons. The molecule has 0 atom stereocenters. The van der Waals surface area contributed by atoms with Crippen LogP contribution in [0.15, 0.2) is 24.5 Å². The lowest BCUT2D eigenvalue weighted by Gasteiger charge is -2.06. The summed E-state index contributed by atoms with van der Waals surface area (Å²) >= 11 is 0. The van der Waals surface area contributed by atoms with Gasteiger partial charge in [0, 0.05) is 25.0 Å². The molecule has 0 aliphatic rings. The number of nitro groups is 1. The Labute approximate surface area is 103 Å². The van der Waals surface area contributed by atoms with E-state index in [1.54, 1.807) is 38.5 Å². The molecule has 0 unspecified atom stereocenters. The number of aromatic nitrogens is 3. The molecule has 0 saturated heterocycles.